The summed E-state index contributed by atoms with van der Waals surface area (Å²) in [7, 11) is 0. The van der Waals surface area contributed by atoms with Crippen molar-refractivity contribution in [2.75, 3.05) is 19.6 Å². The van der Waals surface area contributed by atoms with Crippen LogP contribution >= 0.6 is 0 Å². The summed E-state index contributed by atoms with van der Waals surface area (Å²) >= 11 is 0. The Balaban J connectivity index is 1.89. The third-order valence-electron chi connectivity index (χ3n) is 4.10. The zero-order chi connectivity index (χ0) is 15.5. The maximum absolute atomic E-state index is 11.4. The first kappa shape index (κ1) is 15.8. The minimum atomic E-state index is -0.816. The molecule has 1 heterocycles. The van der Waals surface area contributed by atoms with Gasteiger partial charge in [-0.3, -0.25) is 4.90 Å². The van der Waals surface area contributed by atoms with Crippen molar-refractivity contribution >= 4 is 6.09 Å². The van der Waals surface area contributed by atoms with Gasteiger partial charge in [-0.2, -0.15) is 0 Å². The van der Waals surface area contributed by atoms with Gasteiger partial charge in [0.1, 0.15) is 0 Å². The van der Waals surface area contributed by atoms with E-state index in [4.69, 9.17) is 0 Å². The highest BCUT2D eigenvalue weighted by Gasteiger charge is 2.31. The van der Waals surface area contributed by atoms with Crippen LogP contribution in [0, 0.1) is 5.92 Å². The number of likely N-dealkylation sites (tertiary alicyclic amines) is 1. The fraction of sp³-hybridized carbons (Fsp3) is 0.588. The largest absolute Gasteiger partial charge is 0.465 e. The van der Waals surface area contributed by atoms with Crippen molar-refractivity contribution in [2.24, 2.45) is 5.92 Å². The Hall–Kier alpha value is -1.55. The highest BCUT2D eigenvalue weighted by molar-refractivity contribution is 5.66. The van der Waals surface area contributed by atoms with Crippen molar-refractivity contribution in [1.29, 1.82) is 0 Å². The molecule has 0 aromatic heterocycles. The molecule has 116 valence electrons. The fourth-order valence-corrected chi connectivity index (χ4v) is 2.94. The molecule has 21 heavy (non-hydrogen) atoms. The SMILES string of the molecule is CC(C)(C)N(C[C@@H]1CCN(Cc2ccccc2)C1)C(=O)O. The predicted octanol–water partition coefficient (Wildman–Crippen LogP) is 3.29. The molecule has 1 aliphatic heterocycles. The second-order valence-electron chi connectivity index (χ2n) is 6.94. The Morgan fingerprint density at radius 3 is 2.57 bits per heavy atom. The van der Waals surface area contributed by atoms with Gasteiger partial charge in [0, 0.05) is 25.2 Å². The molecule has 1 aromatic rings. The normalized spacial score (nSPS) is 19.7. The van der Waals surface area contributed by atoms with Crippen LogP contribution in [-0.2, 0) is 6.54 Å². The summed E-state index contributed by atoms with van der Waals surface area (Å²) in [6.07, 6.45) is 0.260. The molecular formula is C17H26N2O2. The first-order valence-electron chi connectivity index (χ1n) is 7.63. The van der Waals surface area contributed by atoms with E-state index in [2.05, 4.69) is 29.2 Å². The number of rotatable bonds is 4. The van der Waals surface area contributed by atoms with Gasteiger partial charge in [-0.1, -0.05) is 30.3 Å². The summed E-state index contributed by atoms with van der Waals surface area (Å²) < 4.78 is 0. The van der Waals surface area contributed by atoms with Crippen LogP contribution in [0.2, 0.25) is 0 Å². The Morgan fingerprint density at radius 1 is 1.33 bits per heavy atom. The maximum Gasteiger partial charge on any atom is 0.407 e. The molecule has 1 amide bonds. The number of carboxylic acid groups (broad SMARTS) is 1. The molecule has 1 aliphatic rings. The van der Waals surface area contributed by atoms with Crippen molar-refractivity contribution in [1.82, 2.24) is 9.80 Å². The standard InChI is InChI=1S/C17H26N2O2/c1-17(2,3)19(16(20)21)13-15-9-10-18(12-15)11-14-7-5-4-6-8-14/h4-8,15H,9-13H2,1-3H3,(H,20,21)/t15-/m1/s1. The molecule has 4 nitrogen and oxygen atoms in total. The Labute approximate surface area is 127 Å². The van der Waals surface area contributed by atoms with E-state index in [1.54, 1.807) is 4.90 Å². The van der Waals surface area contributed by atoms with Crippen LogP contribution in [0.15, 0.2) is 30.3 Å². The lowest BCUT2D eigenvalue weighted by molar-refractivity contribution is 0.0892. The average Bonchev–Trinajstić information content (AvgIpc) is 2.83. The Kier molecular flexibility index (Phi) is 4.88. The molecule has 0 spiro atoms. The molecule has 1 saturated heterocycles. The van der Waals surface area contributed by atoms with Crippen LogP contribution in [0.3, 0.4) is 0 Å². The van der Waals surface area contributed by atoms with E-state index in [-0.39, 0.29) is 5.54 Å². The summed E-state index contributed by atoms with van der Waals surface area (Å²) in [4.78, 5) is 15.4. The Bertz CT molecular complexity index is 467. The van der Waals surface area contributed by atoms with Crippen LogP contribution in [-0.4, -0.2) is 46.2 Å². The molecule has 0 bridgehead atoms. The molecule has 0 saturated carbocycles. The fourth-order valence-electron chi connectivity index (χ4n) is 2.94. The van der Waals surface area contributed by atoms with Gasteiger partial charge in [0.25, 0.3) is 0 Å². The van der Waals surface area contributed by atoms with Gasteiger partial charge in [-0.05, 0) is 45.2 Å². The quantitative estimate of drug-likeness (QED) is 0.925. The maximum atomic E-state index is 11.4. The third kappa shape index (κ3) is 4.46. The zero-order valence-electron chi connectivity index (χ0n) is 13.2. The molecular weight excluding hydrogens is 264 g/mol. The topological polar surface area (TPSA) is 43.8 Å². The van der Waals surface area contributed by atoms with Crippen molar-refractivity contribution in [3.63, 3.8) is 0 Å². The van der Waals surface area contributed by atoms with Gasteiger partial charge in [0.15, 0.2) is 0 Å². The lowest BCUT2D eigenvalue weighted by atomic mass is 10.0. The number of benzene rings is 1. The zero-order valence-corrected chi connectivity index (χ0v) is 13.2. The molecule has 0 aliphatic carbocycles. The van der Waals surface area contributed by atoms with Crippen molar-refractivity contribution in [3.8, 4) is 0 Å². The van der Waals surface area contributed by atoms with Crippen LogP contribution in [0.4, 0.5) is 4.79 Å². The third-order valence-corrected chi connectivity index (χ3v) is 4.10. The molecule has 2 rings (SSSR count). The molecule has 1 fully saturated rings. The van der Waals surface area contributed by atoms with E-state index in [1.807, 2.05) is 26.8 Å². The van der Waals surface area contributed by atoms with Crippen LogP contribution in [0.1, 0.15) is 32.8 Å². The number of carbonyl (C=O) groups is 1. The molecule has 1 aromatic carbocycles. The van der Waals surface area contributed by atoms with E-state index < -0.39 is 6.09 Å². The summed E-state index contributed by atoms with van der Waals surface area (Å²) in [5.41, 5.74) is 0.989. The van der Waals surface area contributed by atoms with Crippen molar-refractivity contribution < 1.29 is 9.90 Å². The monoisotopic (exact) mass is 290 g/mol. The summed E-state index contributed by atoms with van der Waals surface area (Å²) in [6.45, 7) is 9.49. The first-order chi connectivity index (χ1) is 9.86. The number of hydrogen-bond acceptors (Lipinski definition) is 2. The van der Waals surface area contributed by atoms with Crippen LogP contribution in [0.25, 0.3) is 0 Å². The lowest BCUT2D eigenvalue weighted by Crippen LogP contribution is -2.47. The lowest BCUT2D eigenvalue weighted by Gasteiger charge is -2.35. The van der Waals surface area contributed by atoms with E-state index >= 15 is 0 Å². The van der Waals surface area contributed by atoms with Gasteiger partial charge >= 0.3 is 6.09 Å². The average molecular weight is 290 g/mol. The van der Waals surface area contributed by atoms with Gasteiger partial charge in [0.2, 0.25) is 0 Å². The van der Waals surface area contributed by atoms with Gasteiger partial charge < -0.3 is 10.0 Å². The number of hydrogen-bond donors (Lipinski definition) is 1. The minimum absolute atomic E-state index is 0.335. The number of nitrogens with zero attached hydrogens (tertiary/aromatic N) is 2. The molecule has 1 atom stereocenters. The van der Waals surface area contributed by atoms with Crippen LogP contribution < -0.4 is 0 Å². The van der Waals surface area contributed by atoms with Crippen LogP contribution in [0.5, 0.6) is 0 Å². The van der Waals surface area contributed by atoms with E-state index in [0.29, 0.717) is 12.5 Å². The highest BCUT2D eigenvalue weighted by atomic mass is 16.4. The molecule has 4 heteroatoms. The molecule has 1 N–H and O–H groups in total. The highest BCUT2D eigenvalue weighted by Crippen LogP contribution is 2.23. The number of amides is 1. The predicted molar refractivity (Wildman–Crippen MR) is 84.3 cm³/mol. The Morgan fingerprint density at radius 2 is 2.00 bits per heavy atom. The van der Waals surface area contributed by atoms with E-state index in [1.165, 1.54) is 5.56 Å². The second kappa shape index (κ2) is 6.48. The van der Waals surface area contributed by atoms with E-state index in [0.717, 1.165) is 26.1 Å². The summed E-state index contributed by atoms with van der Waals surface area (Å²) in [5.74, 6) is 0.434. The first-order valence-corrected chi connectivity index (χ1v) is 7.63. The summed E-state index contributed by atoms with van der Waals surface area (Å²) in [5, 5.41) is 9.38. The van der Waals surface area contributed by atoms with Crippen molar-refractivity contribution in [3.05, 3.63) is 35.9 Å². The van der Waals surface area contributed by atoms with Crippen molar-refractivity contribution in [2.45, 2.75) is 39.3 Å². The van der Waals surface area contributed by atoms with Gasteiger partial charge in [-0.25, -0.2) is 4.79 Å². The smallest absolute Gasteiger partial charge is 0.407 e. The summed E-state index contributed by atoms with van der Waals surface area (Å²) in [6, 6.07) is 10.5. The van der Waals surface area contributed by atoms with E-state index in [9.17, 15) is 9.90 Å². The second-order valence-corrected chi connectivity index (χ2v) is 6.94. The van der Waals surface area contributed by atoms with Gasteiger partial charge in [-0.15, -0.1) is 0 Å². The van der Waals surface area contributed by atoms with Gasteiger partial charge in [0.05, 0.1) is 0 Å². The minimum Gasteiger partial charge on any atom is -0.465 e. The molecule has 0 unspecified atom stereocenters. The molecule has 0 radical (unpaired) electrons.